The number of nitrogens with two attached hydrogens (primary N) is 1. The predicted octanol–water partition coefficient (Wildman–Crippen LogP) is 4.85. The Morgan fingerprint density at radius 3 is 2.52 bits per heavy atom. The molecule has 2 amide bonds. The first-order chi connectivity index (χ1) is 14.7. The molecule has 0 spiro atoms. The highest BCUT2D eigenvalue weighted by Crippen LogP contribution is 2.35. The molecule has 2 heterocycles. The summed E-state index contributed by atoms with van der Waals surface area (Å²) in [4.78, 5) is 28.6. The van der Waals surface area contributed by atoms with Crippen molar-refractivity contribution in [2.75, 3.05) is 11.1 Å². The molecule has 1 aromatic heterocycles. The second-order valence-corrected chi connectivity index (χ2v) is 8.16. The van der Waals surface area contributed by atoms with Gasteiger partial charge in [0.05, 0.1) is 17.3 Å². The van der Waals surface area contributed by atoms with E-state index >= 15 is 0 Å². The van der Waals surface area contributed by atoms with E-state index in [2.05, 4.69) is 15.6 Å². The summed E-state index contributed by atoms with van der Waals surface area (Å²) in [5.74, 6) is -0.438. The largest absolute Gasteiger partial charge is 0.397 e. The molecule has 7 heteroatoms. The van der Waals surface area contributed by atoms with Gasteiger partial charge in [0, 0.05) is 33.2 Å². The van der Waals surface area contributed by atoms with Crippen LogP contribution in [0.5, 0.6) is 0 Å². The molecule has 4 rings (SSSR count). The molecular formula is C24H23ClN4O2. The summed E-state index contributed by atoms with van der Waals surface area (Å²) in [5.41, 5.74) is 12.5. The van der Waals surface area contributed by atoms with Crippen LogP contribution in [0.4, 0.5) is 11.4 Å². The maximum absolute atomic E-state index is 12.9. The van der Waals surface area contributed by atoms with Gasteiger partial charge in [-0.15, -0.1) is 0 Å². The number of amides is 2. The van der Waals surface area contributed by atoms with Crippen molar-refractivity contribution in [3.05, 3.63) is 81.1 Å². The van der Waals surface area contributed by atoms with E-state index in [1.54, 1.807) is 36.4 Å². The van der Waals surface area contributed by atoms with Crippen molar-refractivity contribution in [1.29, 1.82) is 0 Å². The van der Waals surface area contributed by atoms with E-state index in [1.165, 1.54) is 0 Å². The minimum Gasteiger partial charge on any atom is -0.397 e. The van der Waals surface area contributed by atoms with E-state index in [4.69, 9.17) is 17.3 Å². The van der Waals surface area contributed by atoms with Gasteiger partial charge < -0.3 is 21.4 Å². The van der Waals surface area contributed by atoms with Crippen LogP contribution in [0, 0.1) is 13.8 Å². The third kappa shape index (κ3) is 3.94. The number of fused-ring (bicyclic) bond motifs is 1. The molecule has 1 aliphatic rings. The Bertz CT molecular complexity index is 1230. The molecule has 0 bridgehead atoms. The van der Waals surface area contributed by atoms with Crippen LogP contribution in [-0.2, 0) is 4.79 Å². The Kier molecular flexibility index (Phi) is 5.33. The molecule has 6 nitrogen and oxygen atoms in total. The van der Waals surface area contributed by atoms with Gasteiger partial charge in [0.25, 0.3) is 11.8 Å². The highest BCUT2D eigenvalue weighted by molar-refractivity contribution is 6.35. The number of nitrogen functional groups attached to an aromatic ring is 1. The van der Waals surface area contributed by atoms with Gasteiger partial charge in [-0.2, -0.15) is 0 Å². The van der Waals surface area contributed by atoms with Crippen LogP contribution in [0.15, 0.2) is 42.5 Å². The lowest BCUT2D eigenvalue weighted by Crippen LogP contribution is -2.26. The van der Waals surface area contributed by atoms with Crippen LogP contribution in [0.1, 0.15) is 51.4 Å². The van der Waals surface area contributed by atoms with Crippen molar-refractivity contribution in [1.82, 2.24) is 10.3 Å². The van der Waals surface area contributed by atoms with Gasteiger partial charge in [-0.25, -0.2) is 0 Å². The van der Waals surface area contributed by atoms with E-state index in [1.807, 2.05) is 32.9 Å². The molecule has 0 saturated heterocycles. The second kappa shape index (κ2) is 7.96. The zero-order valence-electron chi connectivity index (χ0n) is 17.5. The molecule has 1 atom stereocenters. The van der Waals surface area contributed by atoms with E-state index in [9.17, 15) is 9.59 Å². The molecule has 31 heavy (non-hydrogen) atoms. The number of carbonyl (C=O) groups is 2. The molecular weight excluding hydrogens is 412 g/mol. The number of aryl methyl sites for hydroxylation is 1. The van der Waals surface area contributed by atoms with Crippen LogP contribution in [0.3, 0.4) is 0 Å². The number of aromatic nitrogens is 1. The minimum absolute atomic E-state index is 0.194. The summed E-state index contributed by atoms with van der Waals surface area (Å²) >= 11 is 5.94. The SMILES string of the molecule is Cc1[nH]c(/C=C2\C(=O)Nc3ccc(C(=O)N[C@H](C)c4ccc(Cl)cc4)cc32)c(C)c1N. The lowest BCUT2D eigenvalue weighted by Gasteiger charge is -2.15. The number of aromatic amines is 1. The van der Waals surface area contributed by atoms with Crippen molar-refractivity contribution >= 4 is 46.4 Å². The van der Waals surface area contributed by atoms with Crippen molar-refractivity contribution < 1.29 is 9.59 Å². The van der Waals surface area contributed by atoms with Gasteiger partial charge in [-0.05, 0) is 68.3 Å². The van der Waals surface area contributed by atoms with Gasteiger partial charge in [0.1, 0.15) is 0 Å². The molecule has 0 saturated carbocycles. The Morgan fingerprint density at radius 2 is 1.87 bits per heavy atom. The van der Waals surface area contributed by atoms with Gasteiger partial charge in [-0.1, -0.05) is 23.7 Å². The lowest BCUT2D eigenvalue weighted by atomic mass is 10.0. The van der Waals surface area contributed by atoms with Crippen molar-refractivity contribution in [3.63, 3.8) is 0 Å². The maximum atomic E-state index is 12.9. The Labute approximate surface area is 185 Å². The Hall–Kier alpha value is -3.51. The number of rotatable bonds is 4. The standard InChI is InChI=1S/C24H23ClN4O2/c1-12-21(27-14(3)22(12)26)11-19-18-10-16(6-9-20(18)29-24(19)31)23(30)28-13(2)15-4-7-17(25)8-5-15/h4-11,13,27H,26H2,1-3H3,(H,28,30)(H,29,31)/b19-11-/t13-/m1/s1. The van der Waals surface area contributed by atoms with Crippen LogP contribution in [-0.4, -0.2) is 16.8 Å². The third-order valence-electron chi connectivity index (χ3n) is 5.61. The van der Waals surface area contributed by atoms with Crippen molar-refractivity contribution in [2.24, 2.45) is 0 Å². The number of carbonyl (C=O) groups excluding carboxylic acids is 2. The zero-order chi connectivity index (χ0) is 22.3. The summed E-state index contributed by atoms with van der Waals surface area (Å²) < 4.78 is 0. The average molecular weight is 435 g/mol. The quantitative estimate of drug-likeness (QED) is 0.441. The van der Waals surface area contributed by atoms with E-state index in [0.717, 1.165) is 22.5 Å². The molecule has 3 aromatic rings. The molecule has 158 valence electrons. The Morgan fingerprint density at radius 1 is 1.16 bits per heavy atom. The smallest absolute Gasteiger partial charge is 0.256 e. The average Bonchev–Trinajstić information content (AvgIpc) is 3.18. The fourth-order valence-electron chi connectivity index (χ4n) is 3.67. The number of nitrogens with one attached hydrogen (secondary N) is 3. The van der Waals surface area contributed by atoms with Crippen LogP contribution >= 0.6 is 11.6 Å². The molecule has 0 radical (unpaired) electrons. The number of anilines is 2. The van der Waals surface area contributed by atoms with Crippen LogP contribution in [0.25, 0.3) is 11.6 Å². The number of benzene rings is 2. The highest BCUT2D eigenvalue weighted by atomic mass is 35.5. The minimum atomic E-state index is -0.222. The van der Waals surface area contributed by atoms with Gasteiger partial charge in [0.2, 0.25) is 0 Å². The topological polar surface area (TPSA) is 100 Å². The van der Waals surface area contributed by atoms with Gasteiger partial charge in [0.15, 0.2) is 0 Å². The lowest BCUT2D eigenvalue weighted by molar-refractivity contribution is -0.110. The molecule has 1 aliphatic heterocycles. The number of halogens is 1. The molecule has 0 fully saturated rings. The fraction of sp³-hybridized carbons (Fsp3) is 0.167. The zero-order valence-corrected chi connectivity index (χ0v) is 18.2. The normalized spacial score (nSPS) is 15.0. The van der Waals surface area contributed by atoms with Gasteiger partial charge >= 0.3 is 0 Å². The van der Waals surface area contributed by atoms with Crippen LogP contribution in [0.2, 0.25) is 5.02 Å². The molecule has 2 aromatic carbocycles. The van der Waals surface area contributed by atoms with Crippen molar-refractivity contribution in [2.45, 2.75) is 26.8 Å². The van der Waals surface area contributed by atoms with Crippen molar-refractivity contribution in [3.8, 4) is 0 Å². The first-order valence-corrected chi connectivity index (χ1v) is 10.3. The highest BCUT2D eigenvalue weighted by Gasteiger charge is 2.26. The Balaban J connectivity index is 1.62. The third-order valence-corrected chi connectivity index (χ3v) is 5.86. The number of H-pyrrole nitrogens is 1. The maximum Gasteiger partial charge on any atom is 0.256 e. The summed E-state index contributed by atoms with van der Waals surface area (Å²) in [5, 5.41) is 6.48. The monoisotopic (exact) mass is 434 g/mol. The fourth-order valence-corrected chi connectivity index (χ4v) is 3.79. The van der Waals surface area contributed by atoms with E-state index < -0.39 is 0 Å². The summed E-state index contributed by atoms with van der Waals surface area (Å²) in [7, 11) is 0. The summed E-state index contributed by atoms with van der Waals surface area (Å²) in [6, 6.07) is 12.3. The first kappa shape index (κ1) is 20.8. The van der Waals surface area contributed by atoms with E-state index in [0.29, 0.717) is 33.1 Å². The number of hydrogen-bond donors (Lipinski definition) is 4. The molecule has 5 N–H and O–H groups in total. The predicted molar refractivity (Wildman–Crippen MR) is 125 cm³/mol. The van der Waals surface area contributed by atoms with Gasteiger partial charge in [-0.3, -0.25) is 9.59 Å². The molecule has 0 unspecified atom stereocenters. The van der Waals surface area contributed by atoms with E-state index in [-0.39, 0.29) is 17.9 Å². The number of hydrogen-bond acceptors (Lipinski definition) is 3. The molecule has 0 aliphatic carbocycles. The summed E-state index contributed by atoms with van der Waals surface area (Å²) in [6.07, 6.45) is 1.78. The first-order valence-electron chi connectivity index (χ1n) is 9.93. The second-order valence-electron chi connectivity index (χ2n) is 7.72. The van der Waals surface area contributed by atoms with Crippen LogP contribution < -0.4 is 16.4 Å². The summed E-state index contributed by atoms with van der Waals surface area (Å²) in [6.45, 7) is 5.70.